The molecule has 1 heterocycles. The molecular weight excluding hydrogens is 128 g/mol. The van der Waals surface area contributed by atoms with Crippen LogP contribution >= 0.6 is 0 Å². The van der Waals surface area contributed by atoms with Crippen molar-refractivity contribution in [3.05, 3.63) is 0 Å². The predicted molar refractivity (Wildman–Crippen MR) is 39.9 cm³/mol. The minimum Gasteiger partial charge on any atom is -0.341 e. The van der Waals surface area contributed by atoms with Crippen molar-refractivity contribution in [1.29, 1.82) is 0 Å². The molecule has 1 saturated heterocycles. The third-order valence-corrected chi connectivity index (χ3v) is 2.14. The van der Waals surface area contributed by atoms with Crippen molar-refractivity contribution < 1.29 is 4.79 Å². The lowest BCUT2D eigenvalue weighted by atomic mass is 9.90. The second-order valence-electron chi connectivity index (χ2n) is 3.27. The maximum atomic E-state index is 11.0. The molecule has 3 heteroatoms. The normalized spacial score (nSPS) is 21.7. The number of nitrogens with zero attached hydrogens (tertiary/aromatic N) is 1. The van der Waals surface area contributed by atoms with Crippen LogP contribution in [0.4, 0.5) is 4.79 Å². The topological polar surface area (TPSA) is 32.3 Å². The van der Waals surface area contributed by atoms with Crippen molar-refractivity contribution >= 4 is 6.03 Å². The largest absolute Gasteiger partial charge is 0.341 e. The number of urea groups is 1. The van der Waals surface area contributed by atoms with E-state index < -0.39 is 0 Å². The quantitative estimate of drug-likeness (QED) is 0.533. The Morgan fingerprint density at radius 2 is 2.20 bits per heavy atom. The Balaban J connectivity index is 2.51. The van der Waals surface area contributed by atoms with Crippen molar-refractivity contribution in [3.63, 3.8) is 0 Å². The Morgan fingerprint density at radius 3 is 2.30 bits per heavy atom. The Morgan fingerprint density at radius 1 is 1.60 bits per heavy atom. The van der Waals surface area contributed by atoms with Crippen LogP contribution in [-0.4, -0.2) is 30.1 Å². The zero-order chi connectivity index (χ0) is 7.78. The molecule has 58 valence electrons. The summed E-state index contributed by atoms with van der Waals surface area (Å²) >= 11 is 0. The van der Waals surface area contributed by atoms with Gasteiger partial charge in [0.05, 0.1) is 0 Å². The molecule has 0 atom stereocenters. The molecule has 1 N–H and O–H groups in total. The number of likely N-dealkylation sites (tertiary alicyclic amines) is 1. The fourth-order valence-corrected chi connectivity index (χ4v) is 1.18. The molecule has 2 amide bonds. The molecule has 0 aromatic heterocycles. The van der Waals surface area contributed by atoms with Gasteiger partial charge in [-0.2, -0.15) is 0 Å². The van der Waals surface area contributed by atoms with Crippen LogP contribution in [0, 0.1) is 0 Å². The number of carbonyl (C=O) groups excluding carboxylic acids is 1. The van der Waals surface area contributed by atoms with E-state index in [0.29, 0.717) is 0 Å². The van der Waals surface area contributed by atoms with Gasteiger partial charge in [-0.3, -0.25) is 0 Å². The van der Waals surface area contributed by atoms with Gasteiger partial charge in [-0.1, -0.05) is 0 Å². The summed E-state index contributed by atoms with van der Waals surface area (Å²) in [5.41, 5.74) is 0.0834. The SMILES string of the molecule is CNC(=O)N1CCC1(C)C. The molecule has 0 saturated carbocycles. The third kappa shape index (κ3) is 0.958. The molecule has 0 aromatic carbocycles. The molecule has 0 bridgehead atoms. The summed E-state index contributed by atoms with van der Waals surface area (Å²) in [7, 11) is 1.66. The van der Waals surface area contributed by atoms with E-state index in [4.69, 9.17) is 0 Å². The molecule has 0 radical (unpaired) electrons. The highest BCUT2D eigenvalue weighted by Crippen LogP contribution is 2.28. The minimum absolute atomic E-state index is 0.0382. The molecule has 1 rings (SSSR count). The van der Waals surface area contributed by atoms with E-state index in [0.717, 1.165) is 13.0 Å². The molecule has 1 aliphatic heterocycles. The lowest BCUT2D eigenvalue weighted by Crippen LogP contribution is -2.60. The molecule has 3 nitrogen and oxygen atoms in total. The lowest BCUT2D eigenvalue weighted by Gasteiger charge is -2.47. The fourth-order valence-electron chi connectivity index (χ4n) is 1.18. The molecule has 0 unspecified atom stereocenters. The van der Waals surface area contributed by atoms with Crippen LogP contribution in [0.25, 0.3) is 0 Å². The van der Waals surface area contributed by atoms with Crippen molar-refractivity contribution in [2.75, 3.05) is 13.6 Å². The van der Waals surface area contributed by atoms with Crippen molar-refractivity contribution in [1.82, 2.24) is 10.2 Å². The van der Waals surface area contributed by atoms with Crippen LogP contribution in [0.2, 0.25) is 0 Å². The number of hydrogen-bond donors (Lipinski definition) is 1. The Hall–Kier alpha value is -0.730. The Labute approximate surface area is 61.4 Å². The van der Waals surface area contributed by atoms with Gasteiger partial charge >= 0.3 is 6.03 Å². The summed E-state index contributed by atoms with van der Waals surface area (Å²) < 4.78 is 0. The number of amides is 2. The first-order valence-electron chi connectivity index (χ1n) is 3.57. The zero-order valence-electron chi connectivity index (χ0n) is 6.77. The highest BCUT2D eigenvalue weighted by Gasteiger charge is 2.38. The van der Waals surface area contributed by atoms with E-state index in [2.05, 4.69) is 19.2 Å². The highest BCUT2D eigenvalue weighted by atomic mass is 16.2. The maximum absolute atomic E-state index is 11.0. The van der Waals surface area contributed by atoms with Crippen molar-refractivity contribution in [3.8, 4) is 0 Å². The van der Waals surface area contributed by atoms with E-state index in [1.54, 1.807) is 7.05 Å². The van der Waals surface area contributed by atoms with E-state index in [9.17, 15) is 4.79 Å². The van der Waals surface area contributed by atoms with Gasteiger partial charge in [0.25, 0.3) is 0 Å². The Kier molecular flexibility index (Phi) is 1.58. The van der Waals surface area contributed by atoms with E-state index in [1.165, 1.54) is 0 Å². The maximum Gasteiger partial charge on any atom is 0.317 e. The standard InChI is InChI=1S/C7H14N2O/c1-7(2)4-5-9(7)6(10)8-3/h4-5H2,1-3H3,(H,8,10). The average molecular weight is 142 g/mol. The number of carbonyl (C=O) groups is 1. The average Bonchev–Trinajstić information content (AvgIpc) is 1.86. The van der Waals surface area contributed by atoms with Gasteiger partial charge in [-0.15, -0.1) is 0 Å². The minimum atomic E-state index is 0.0382. The van der Waals surface area contributed by atoms with Crippen LogP contribution in [0.3, 0.4) is 0 Å². The van der Waals surface area contributed by atoms with Crippen LogP contribution in [-0.2, 0) is 0 Å². The van der Waals surface area contributed by atoms with Crippen LogP contribution in [0.15, 0.2) is 0 Å². The van der Waals surface area contributed by atoms with Gasteiger partial charge in [0, 0.05) is 19.1 Å². The highest BCUT2D eigenvalue weighted by molar-refractivity contribution is 5.75. The van der Waals surface area contributed by atoms with E-state index in [-0.39, 0.29) is 11.6 Å². The molecule has 0 aromatic rings. The molecule has 0 spiro atoms. The van der Waals surface area contributed by atoms with Crippen LogP contribution in [0.1, 0.15) is 20.3 Å². The first-order valence-corrected chi connectivity index (χ1v) is 3.57. The summed E-state index contributed by atoms with van der Waals surface area (Å²) in [5.74, 6) is 0. The summed E-state index contributed by atoms with van der Waals surface area (Å²) in [6, 6.07) is 0.0382. The zero-order valence-corrected chi connectivity index (χ0v) is 6.77. The molecule has 1 fully saturated rings. The fraction of sp³-hybridized carbons (Fsp3) is 0.857. The molecular formula is C7H14N2O. The first-order chi connectivity index (χ1) is 4.58. The van der Waals surface area contributed by atoms with E-state index >= 15 is 0 Å². The summed E-state index contributed by atoms with van der Waals surface area (Å²) in [6.07, 6.45) is 1.11. The predicted octanol–water partition coefficient (Wildman–Crippen LogP) is 0.810. The van der Waals surface area contributed by atoms with Gasteiger partial charge in [-0.05, 0) is 20.3 Å². The van der Waals surface area contributed by atoms with Crippen molar-refractivity contribution in [2.45, 2.75) is 25.8 Å². The van der Waals surface area contributed by atoms with Crippen molar-refractivity contribution in [2.24, 2.45) is 0 Å². The third-order valence-electron chi connectivity index (χ3n) is 2.14. The van der Waals surface area contributed by atoms with Crippen LogP contribution < -0.4 is 5.32 Å². The second-order valence-corrected chi connectivity index (χ2v) is 3.27. The second kappa shape index (κ2) is 2.15. The monoisotopic (exact) mass is 142 g/mol. The van der Waals surface area contributed by atoms with Gasteiger partial charge in [0.15, 0.2) is 0 Å². The first kappa shape index (κ1) is 7.38. The van der Waals surface area contributed by atoms with Gasteiger partial charge in [-0.25, -0.2) is 4.79 Å². The number of nitrogens with one attached hydrogen (secondary N) is 1. The van der Waals surface area contributed by atoms with Crippen LogP contribution in [0.5, 0.6) is 0 Å². The molecule has 0 aliphatic carbocycles. The number of rotatable bonds is 0. The summed E-state index contributed by atoms with van der Waals surface area (Å²) in [6.45, 7) is 5.05. The lowest BCUT2D eigenvalue weighted by molar-refractivity contribution is 0.0544. The summed E-state index contributed by atoms with van der Waals surface area (Å²) in [4.78, 5) is 12.9. The van der Waals surface area contributed by atoms with E-state index in [1.807, 2.05) is 4.90 Å². The number of hydrogen-bond acceptors (Lipinski definition) is 1. The van der Waals surface area contributed by atoms with Gasteiger partial charge < -0.3 is 10.2 Å². The smallest absolute Gasteiger partial charge is 0.317 e. The molecule has 1 aliphatic rings. The van der Waals surface area contributed by atoms with Gasteiger partial charge in [0.2, 0.25) is 0 Å². The summed E-state index contributed by atoms with van der Waals surface area (Å²) in [5, 5.41) is 2.61. The van der Waals surface area contributed by atoms with Gasteiger partial charge in [0.1, 0.15) is 0 Å². The Bertz CT molecular complexity index is 154. The molecule has 10 heavy (non-hydrogen) atoms.